The molecule has 146 valence electrons. The highest BCUT2D eigenvalue weighted by molar-refractivity contribution is 7.99. The van der Waals surface area contributed by atoms with Gasteiger partial charge in [-0.05, 0) is 61.8 Å². The smallest absolute Gasteiger partial charge is 0.227 e. The number of amides is 1. The summed E-state index contributed by atoms with van der Waals surface area (Å²) in [6.45, 7) is 0. The number of rotatable bonds is 4. The summed E-state index contributed by atoms with van der Waals surface area (Å²) in [5.74, 6) is 1.30. The average Bonchev–Trinajstić information content (AvgIpc) is 3.01. The first kappa shape index (κ1) is 20.2. The minimum Gasteiger partial charge on any atom is -0.329 e. The van der Waals surface area contributed by atoms with Crippen molar-refractivity contribution in [3.63, 3.8) is 0 Å². The quantitative estimate of drug-likeness (QED) is 0.802. The van der Waals surface area contributed by atoms with Crippen molar-refractivity contribution in [1.29, 1.82) is 0 Å². The Morgan fingerprint density at radius 1 is 1.22 bits per heavy atom. The summed E-state index contributed by atoms with van der Waals surface area (Å²) in [5, 5.41) is 4.05. The van der Waals surface area contributed by atoms with Crippen LogP contribution < -0.4 is 11.1 Å². The maximum Gasteiger partial charge on any atom is 0.227 e. The third-order valence-corrected chi connectivity index (χ3v) is 6.98. The summed E-state index contributed by atoms with van der Waals surface area (Å²) >= 11 is 1.61. The van der Waals surface area contributed by atoms with Gasteiger partial charge in [-0.15, -0.1) is 12.4 Å². The molecule has 3 N–H and O–H groups in total. The molecule has 27 heavy (non-hydrogen) atoms. The van der Waals surface area contributed by atoms with Crippen LogP contribution in [0.1, 0.15) is 32.1 Å². The molecule has 1 aromatic heterocycles. The van der Waals surface area contributed by atoms with Crippen LogP contribution in [0, 0.1) is 17.8 Å². The summed E-state index contributed by atoms with van der Waals surface area (Å²) in [5.41, 5.74) is 7.20. The zero-order valence-corrected chi connectivity index (χ0v) is 17.1. The largest absolute Gasteiger partial charge is 0.329 e. The first-order valence-corrected chi connectivity index (χ1v) is 10.2. The number of aryl methyl sites for hydroxylation is 1. The lowest BCUT2D eigenvalue weighted by atomic mass is 9.65. The van der Waals surface area contributed by atoms with Crippen molar-refractivity contribution in [3.05, 3.63) is 36.7 Å². The van der Waals surface area contributed by atoms with Gasteiger partial charge in [-0.2, -0.15) is 0 Å². The summed E-state index contributed by atoms with van der Waals surface area (Å²) in [6.07, 6.45) is 9.24. The number of nitrogens with zero attached hydrogens (tertiary/aromatic N) is 2. The highest BCUT2D eigenvalue weighted by Crippen LogP contribution is 2.42. The molecular formula is C20H27ClN4OS. The van der Waals surface area contributed by atoms with Gasteiger partial charge in [-0.1, -0.05) is 18.2 Å². The number of benzene rings is 1. The molecule has 0 aliphatic heterocycles. The van der Waals surface area contributed by atoms with Crippen molar-refractivity contribution in [1.82, 2.24) is 9.55 Å². The molecule has 1 heterocycles. The molecule has 1 amide bonds. The lowest BCUT2D eigenvalue weighted by molar-refractivity contribution is -0.122. The Bertz CT molecular complexity index is 765. The van der Waals surface area contributed by atoms with Crippen LogP contribution in [0.15, 0.2) is 46.7 Å². The van der Waals surface area contributed by atoms with Crippen LogP contribution in [0.25, 0.3) is 0 Å². The summed E-state index contributed by atoms with van der Waals surface area (Å²) in [4.78, 5) is 18.2. The lowest BCUT2D eigenvalue weighted by Gasteiger charge is -2.43. The molecule has 2 bridgehead atoms. The lowest BCUT2D eigenvalue weighted by Crippen LogP contribution is -2.48. The third-order valence-electron chi connectivity index (χ3n) is 5.89. The first-order chi connectivity index (χ1) is 12.6. The predicted octanol–water partition coefficient (Wildman–Crippen LogP) is 4.09. The average molecular weight is 407 g/mol. The summed E-state index contributed by atoms with van der Waals surface area (Å²) in [7, 11) is 1.98. The Kier molecular flexibility index (Phi) is 6.50. The molecule has 1 aromatic carbocycles. The van der Waals surface area contributed by atoms with Crippen molar-refractivity contribution in [2.24, 2.45) is 30.5 Å². The van der Waals surface area contributed by atoms with Crippen molar-refractivity contribution >= 4 is 35.8 Å². The number of imidazole rings is 1. The number of carbonyl (C=O) groups excluding carboxylic acids is 1. The first-order valence-electron chi connectivity index (χ1n) is 9.42. The van der Waals surface area contributed by atoms with Crippen molar-refractivity contribution < 1.29 is 4.79 Å². The molecule has 2 aromatic rings. The van der Waals surface area contributed by atoms with Crippen molar-refractivity contribution in [2.45, 2.75) is 48.2 Å². The van der Waals surface area contributed by atoms with E-state index >= 15 is 0 Å². The van der Waals surface area contributed by atoms with Crippen molar-refractivity contribution in [3.8, 4) is 0 Å². The van der Waals surface area contributed by atoms with E-state index in [1.807, 2.05) is 42.1 Å². The molecule has 2 aliphatic carbocycles. The normalized spacial score (nSPS) is 26.9. The number of aromatic nitrogens is 2. The number of halogens is 1. The third kappa shape index (κ3) is 4.50. The summed E-state index contributed by atoms with van der Waals surface area (Å²) in [6, 6.07) is 8.30. The number of hydrogen-bond donors (Lipinski definition) is 2. The second-order valence-corrected chi connectivity index (χ2v) is 8.67. The number of anilines is 1. The maximum atomic E-state index is 12.7. The molecule has 2 fully saturated rings. The fourth-order valence-electron chi connectivity index (χ4n) is 4.41. The van der Waals surface area contributed by atoms with Crippen LogP contribution >= 0.6 is 24.2 Å². The van der Waals surface area contributed by atoms with Gasteiger partial charge in [0.1, 0.15) is 0 Å². The molecule has 0 radical (unpaired) electrons. The summed E-state index contributed by atoms with van der Waals surface area (Å²) < 4.78 is 1.99. The molecule has 4 rings (SSSR count). The Labute approximate surface area is 170 Å². The molecule has 5 nitrogen and oxygen atoms in total. The number of nitrogens with one attached hydrogen (secondary N) is 1. The topological polar surface area (TPSA) is 72.9 Å². The van der Waals surface area contributed by atoms with Crippen LogP contribution in [0.3, 0.4) is 0 Å². The van der Waals surface area contributed by atoms with E-state index in [-0.39, 0.29) is 24.2 Å². The van der Waals surface area contributed by atoms with Gasteiger partial charge < -0.3 is 15.6 Å². The van der Waals surface area contributed by atoms with E-state index in [1.54, 1.807) is 18.0 Å². The van der Waals surface area contributed by atoms with Crippen LogP contribution in [0.5, 0.6) is 0 Å². The molecule has 0 saturated heterocycles. The molecule has 2 aliphatic rings. The Hall–Kier alpha value is -1.50. The zero-order valence-electron chi connectivity index (χ0n) is 15.5. The zero-order chi connectivity index (χ0) is 18.1. The van der Waals surface area contributed by atoms with E-state index in [0.29, 0.717) is 17.9 Å². The molecular weight excluding hydrogens is 380 g/mol. The van der Waals surface area contributed by atoms with Gasteiger partial charge in [-0.3, -0.25) is 4.79 Å². The van der Waals surface area contributed by atoms with E-state index in [4.69, 9.17) is 5.73 Å². The second kappa shape index (κ2) is 8.67. The Morgan fingerprint density at radius 2 is 1.89 bits per heavy atom. The van der Waals surface area contributed by atoms with Gasteiger partial charge in [0.2, 0.25) is 5.91 Å². The number of carbonyl (C=O) groups is 1. The highest BCUT2D eigenvalue weighted by Gasteiger charge is 2.40. The second-order valence-electron chi connectivity index (χ2n) is 7.63. The number of hydrogen-bond acceptors (Lipinski definition) is 4. The van der Waals surface area contributed by atoms with Crippen LogP contribution in [0.4, 0.5) is 5.69 Å². The van der Waals surface area contributed by atoms with Gasteiger partial charge in [0.05, 0.1) is 0 Å². The van der Waals surface area contributed by atoms with Gasteiger partial charge in [0.15, 0.2) is 5.16 Å². The monoisotopic (exact) mass is 406 g/mol. The highest BCUT2D eigenvalue weighted by atomic mass is 35.5. The van der Waals surface area contributed by atoms with Crippen molar-refractivity contribution in [2.75, 3.05) is 5.32 Å². The number of fused-ring (bicyclic) bond motifs is 2. The van der Waals surface area contributed by atoms with Crippen LogP contribution in [0.2, 0.25) is 0 Å². The van der Waals surface area contributed by atoms with Crippen LogP contribution in [-0.2, 0) is 11.8 Å². The van der Waals surface area contributed by atoms with E-state index < -0.39 is 0 Å². The van der Waals surface area contributed by atoms with E-state index in [0.717, 1.165) is 28.6 Å². The fourth-order valence-corrected chi connectivity index (χ4v) is 5.21. The molecule has 2 unspecified atom stereocenters. The minimum atomic E-state index is 0. The van der Waals surface area contributed by atoms with E-state index in [1.165, 1.54) is 19.3 Å². The van der Waals surface area contributed by atoms with Gasteiger partial charge in [0.25, 0.3) is 0 Å². The molecule has 0 spiro atoms. The number of nitrogens with two attached hydrogens (primary N) is 1. The Morgan fingerprint density at radius 3 is 2.48 bits per heavy atom. The van der Waals surface area contributed by atoms with E-state index in [2.05, 4.69) is 10.3 Å². The predicted molar refractivity (Wildman–Crippen MR) is 111 cm³/mol. The molecule has 2 atom stereocenters. The molecule has 2 saturated carbocycles. The van der Waals surface area contributed by atoms with Gasteiger partial charge >= 0.3 is 0 Å². The van der Waals surface area contributed by atoms with E-state index in [9.17, 15) is 4.79 Å². The SMILES string of the molecule is Cl.Cn1ccnc1Sc1ccc(NC(=O)C2CC3CCCC(C2)C3N)cc1. The molecule has 7 heteroatoms. The maximum absolute atomic E-state index is 12.7. The van der Waals surface area contributed by atoms with Crippen LogP contribution in [-0.4, -0.2) is 21.5 Å². The standard InChI is InChI=1S/C20H26N4OS.ClH/c1-24-10-9-22-20(24)26-17-7-5-16(6-8-17)23-19(25)15-11-13-3-2-4-14(12-15)18(13)21;/h5-10,13-15,18H,2-4,11-12,21H2,1H3,(H,23,25);1H. The van der Waals surface area contributed by atoms with Gasteiger partial charge in [-0.25, -0.2) is 4.98 Å². The Balaban J connectivity index is 0.00000210. The minimum absolute atomic E-state index is 0. The fraction of sp³-hybridized carbons (Fsp3) is 0.500. The van der Waals surface area contributed by atoms with Gasteiger partial charge in [0, 0.05) is 42.0 Å².